The summed E-state index contributed by atoms with van der Waals surface area (Å²) >= 11 is 0. The second-order valence-corrected chi connectivity index (χ2v) is 4.85. The van der Waals surface area contributed by atoms with Crippen molar-refractivity contribution in [3.63, 3.8) is 0 Å². The highest BCUT2D eigenvalue weighted by Gasteiger charge is 2.19. The van der Waals surface area contributed by atoms with Crippen molar-refractivity contribution >= 4 is 22.8 Å². The number of benzene rings is 2. The number of nitrogens with zero attached hydrogens (tertiary/aromatic N) is 4. The molecule has 2 aromatic carbocycles. The van der Waals surface area contributed by atoms with Gasteiger partial charge in [0.2, 0.25) is 0 Å². The zero-order valence-corrected chi connectivity index (χ0v) is 12.0. The average Bonchev–Trinajstić information content (AvgIpc) is 2.94. The molecule has 3 rings (SSSR count). The third-order valence-corrected chi connectivity index (χ3v) is 3.43. The summed E-state index contributed by atoms with van der Waals surface area (Å²) in [7, 11) is 0. The molecule has 0 saturated heterocycles. The number of carbonyl (C=O) groups excluding carboxylic acids is 1. The molecule has 0 fully saturated rings. The van der Waals surface area contributed by atoms with E-state index in [0.29, 0.717) is 17.6 Å². The van der Waals surface area contributed by atoms with Crippen LogP contribution >= 0.6 is 0 Å². The molecule has 3 aromatic rings. The smallest absolute Gasteiger partial charge is 0.293 e. The maximum Gasteiger partial charge on any atom is 0.351 e. The molecule has 21 heavy (non-hydrogen) atoms. The van der Waals surface area contributed by atoms with Crippen LogP contribution in [0.4, 0.5) is 10.5 Å². The fourth-order valence-electron chi connectivity index (χ4n) is 2.28. The SMILES string of the molecule is CCN(C(=O)n1nnc2ccccc21)c1ccc(C)cc1. The quantitative estimate of drug-likeness (QED) is 0.724. The molecule has 0 atom stereocenters. The molecule has 5 heteroatoms. The normalized spacial score (nSPS) is 10.8. The van der Waals surface area contributed by atoms with Crippen LogP contribution in [-0.4, -0.2) is 27.6 Å². The van der Waals surface area contributed by atoms with Crippen molar-refractivity contribution in [1.29, 1.82) is 0 Å². The number of amides is 1. The second-order valence-electron chi connectivity index (χ2n) is 4.85. The van der Waals surface area contributed by atoms with Crippen LogP contribution in [0.25, 0.3) is 11.0 Å². The van der Waals surface area contributed by atoms with E-state index in [4.69, 9.17) is 0 Å². The van der Waals surface area contributed by atoms with Crippen molar-refractivity contribution in [1.82, 2.24) is 15.0 Å². The Kier molecular flexibility index (Phi) is 3.39. The van der Waals surface area contributed by atoms with Crippen molar-refractivity contribution in [2.45, 2.75) is 13.8 Å². The maximum atomic E-state index is 12.7. The largest absolute Gasteiger partial charge is 0.351 e. The number of hydrogen-bond acceptors (Lipinski definition) is 3. The number of anilines is 1. The summed E-state index contributed by atoms with van der Waals surface area (Å²) < 4.78 is 1.35. The first-order chi connectivity index (χ1) is 10.2. The van der Waals surface area contributed by atoms with E-state index in [0.717, 1.165) is 11.3 Å². The third kappa shape index (κ3) is 2.38. The number of hydrogen-bond donors (Lipinski definition) is 0. The Morgan fingerprint density at radius 1 is 1.14 bits per heavy atom. The lowest BCUT2D eigenvalue weighted by atomic mass is 10.2. The van der Waals surface area contributed by atoms with Crippen LogP contribution in [0.1, 0.15) is 12.5 Å². The van der Waals surface area contributed by atoms with Gasteiger partial charge >= 0.3 is 6.03 Å². The molecule has 0 aliphatic carbocycles. The van der Waals surface area contributed by atoms with Gasteiger partial charge in [-0.25, -0.2) is 4.79 Å². The molecule has 106 valence electrons. The molecule has 0 aliphatic heterocycles. The first kappa shape index (κ1) is 13.3. The van der Waals surface area contributed by atoms with E-state index >= 15 is 0 Å². The van der Waals surface area contributed by atoms with Crippen LogP contribution in [0.2, 0.25) is 0 Å². The molecule has 5 nitrogen and oxygen atoms in total. The monoisotopic (exact) mass is 280 g/mol. The Labute approximate surface area is 122 Å². The summed E-state index contributed by atoms with van der Waals surface area (Å²) in [5.41, 5.74) is 3.44. The van der Waals surface area contributed by atoms with Crippen molar-refractivity contribution in [2.75, 3.05) is 11.4 Å². The number of fused-ring (bicyclic) bond motifs is 1. The summed E-state index contributed by atoms with van der Waals surface area (Å²) in [6.45, 7) is 4.53. The molecule has 1 aromatic heterocycles. The fraction of sp³-hybridized carbons (Fsp3) is 0.188. The predicted molar refractivity (Wildman–Crippen MR) is 82.5 cm³/mol. The van der Waals surface area contributed by atoms with Crippen molar-refractivity contribution in [3.8, 4) is 0 Å². The van der Waals surface area contributed by atoms with Gasteiger partial charge in [0.25, 0.3) is 0 Å². The number of rotatable bonds is 2. The third-order valence-electron chi connectivity index (χ3n) is 3.43. The average molecular weight is 280 g/mol. The van der Waals surface area contributed by atoms with Crippen LogP contribution < -0.4 is 4.90 Å². The lowest BCUT2D eigenvalue weighted by Gasteiger charge is -2.20. The molecular formula is C16H16N4O. The molecule has 0 spiro atoms. The standard InChI is InChI=1S/C16H16N4O/c1-3-19(13-10-8-12(2)9-11-13)16(21)20-15-7-5-4-6-14(15)17-18-20/h4-11H,3H2,1-2H3. The van der Waals surface area contributed by atoms with E-state index in [2.05, 4.69) is 10.3 Å². The number of para-hydroxylation sites is 1. The predicted octanol–water partition coefficient (Wildman–Crippen LogP) is 3.23. The van der Waals surface area contributed by atoms with Crippen molar-refractivity contribution < 1.29 is 4.79 Å². The molecular weight excluding hydrogens is 264 g/mol. The van der Waals surface area contributed by atoms with Crippen LogP contribution in [0, 0.1) is 6.92 Å². The Hall–Kier alpha value is -2.69. The Bertz CT molecular complexity index is 776. The van der Waals surface area contributed by atoms with Gasteiger partial charge in [0.1, 0.15) is 5.52 Å². The lowest BCUT2D eigenvalue weighted by molar-refractivity contribution is 0.245. The number of carbonyl (C=O) groups is 1. The van der Waals surface area contributed by atoms with Gasteiger partial charge in [-0.2, -0.15) is 4.68 Å². The zero-order valence-electron chi connectivity index (χ0n) is 12.0. The van der Waals surface area contributed by atoms with Gasteiger partial charge in [-0.15, -0.1) is 5.10 Å². The summed E-state index contributed by atoms with van der Waals surface area (Å²) in [6.07, 6.45) is 0. The minimum absolute atomic E-state index is 0.199. The first-order valence-corrected chi connectivity index (χ1v) is 6.89. The highest BCUT2D eigenvalue weighted by Crippen LogP contribution is 2.18. The fourth-order valence-corrected chi connectivity index (χ4v) is 2.28. The first-order valence-electron chi connectivity index (χ1n) is 6.89. The highest BCUT2D eigenvalue weighted by atomic mass is 16.2. The lowest BCUT2D eigenvalue weighted by Crippen LogP contribution is -2.35. The van der Waals surface area contributed by atoms with Gasteiger partial charge in [-0.3, -0.25) is 4.90 Å². The molecule has 0 saturated carbocycles. The topological polar surface area (TPSA) is 51.0 Å². The Morgan fingerprint density at radius 2 is 1.86 bits per heavy atom. The van der Waals surface area contributed by atoms with Crippen molar-refractivity contribution in [3.05, 3.63) is 54.1 Å². The van der Waals surface area contributed by atoms with E-state index in [-0.39, 0.29) is 6.03 Å². The summed E-state index contributed by atoms with van der Waals surface area (Å²) in [6, 6.07) is 15.1. The number of aromatic nitrogens is 3. The Balaban J connectivity index is 2.01. The van der Waals surface area contributed by atoms with E-state index in [1.165, 1.54) is 4.68 Å². The van der Waals surface area contributed by atoms with Crippen LogP contribution in [-0.2, 0) is 0 Å². The minimum Gasteiger partial charge on any atom is -0.293 e. The highest BCUT2D eigenvalue weighted by molar-refractivity contribution is 5.97. The molecule has 0 aliphatic rings. The van der Waals surface area contributed by atoms with Crippen molar-refractivity contribution in [2.24, 2.45) is 0 Å². The van der Waals surface area contributed by atoms with Gasteiger partial charge in [0.05, 0.1) is 5.52 Å². The van der Waals surface area contributed by atoms with Gasteiger partial charge in [-0.1, -0.05) is 35.0 Å². The molecule has 1 heterocycles. The molecule has 0 N–H and O–H groups in total. The minimum atomic E-state index is -0.199. The van der Waals surface area contributed by atoms with Crippen LogP contribution in [0.3, 0.4) is 0 Å². The molecule has 1 amide bonds. The van der Waals surface area contributed by atoms with Crippen LogP contribution in [0.15, 0.2) is 48.5 Å². The molecule has 0 radical (unpaired) electrons. The van der Waals surface area contributed by atoms with E-state index in [1.54, 1.807) is 4.90 Å². The molecule has 0 bridgehead atoms. The summed E-state index contributed by atoms with van der Waals surface area (Å²) in [5, 5.41) is 8.01. The summed E-state index contributed by atoms with van der Waals surface area (Å²) in [5.74, 6) is 0. The van der Waals surface area contributed by atoms with Crippen LogP contribution in [0.5, 0.6) is 0 Å². The van der Waals surface area contributed by atoms with Gasteiger partial charge in [0.15, 0.2) is 0 Å². The van der Waals surface area contributed by atoms with E-state index in [9.17, 15) is 4.79 Å². The van der Waals surface area contributed by atoms with Gasteiger partial charge in [-0.05, 0) is 38.1 Å². The van der Waals surface area contributed by atoms with Gasteiger partial charge < -0.3 is 0 Å². The van der Waals surface area contributed by atoms with Gasteiger partial charge in [0, 0.05) is 12.2 Å². The number of aryl methyl sites for hydroxylation is 1. The second kappa shape index (κ2) is 5.36. The zero-order chi connectivity index (χ0) is 14.8. The Morgan fingerprint density at radius 3 is 2.57 bits per heavy atom. The van der Waals surface area contributed by atoms with E-state index < -0.39 is 0 Å². The molecule has 0 unspecified atom stereocenters. The summed E-state index contributed by atoms with van der Waals surface area (Å²) in [4.78, 5) is 14.4. The maximum absolute atomic E-state index is 12.7. The van der Waals surface area contributed by atoms with E-state index in [1.807, 2.05) is 62.4 Å².